The standard InChI is InChI=1S/C18H24N6O2/c1-13(12-25-3)24-11-15(10-20-24)16-14(2)21-18-17(19-4-5-23(16)18)22-6-8-26-9-7-22/h4-5,10-11,13H,6-9,12H2,1-3H3/t13-/m1/s1. The molecule has 8 heteroatoms. The number of rotatable bonds is 5. The number of nitrogens with zero attached hydrogens (tertiary/aromatic N) is 6. The van der Waals surface area contributed by atoms with Gasteiger partial charge in [-0.1, -0.05) is 0 Å². The zero-order valence-electron chi connectivity index (χ0n) is 15.4. The third-order valence-corrected chi connectivity index (χ3v) is 4.74. The Hall–Kier alpha value is -2.45. The molecule has 26 heavy (non-hydrogen) atoms. The number of hydrogen-bond donors (Lipinski definition) is 0. The average Bonchev–Trinajstić information content (AvgIpc) is 3.26. The van der Waals surface area contributed by atoms with Crippen LogP contribution in [0.25, 0.3) is 16.9 Å². The van der Waals surface area contributed by atoms with Crippen LogP contribution in [0.1, 0.15) is 18.7 Å². The molecule has 0 bridgehead atoms. The predicted molar refractivity (Wildman–Crippen MR) is 98.6 cm³/mol. The van der Waals surface area contributed by atoms with Crippen molar-refractivity contribution in [2.24, 2.45) is 0 Å². The van der Waals surface area contributed by atoms with E-state index >= 15 is 0 Å². The van der Waals surface area contributed by atoms with E-state index in [1.165, 1.54) is 0 Å². The third-order valence-electron chi connectivity index (χ3n) is 4.74. The average molecular weight is 356 g/mol. The molecule has 1 atom stereocenters. The summed E-state index contributed by atoms with van der Waals surface area (Å²) in [6, 6.07) is 0.179. The number of aryl methyl sites for hydroxylation is 1. The highest BCUT2D eigenvalue weighted by molar-refractivity contribution is 5.73. The number of hydrogen-bond acceptors (Lipinski definition) is 6. The summed E-state index contributed by atoms with van der Waals surface area (Å²) in [6.07, 6.45) is 7.73. The second-order valence-electron chi connectivity index (χ2n) is 6.60. The molecule has 0 saturated carbocycles. The minimum atomic E-state index is 0.179. The minimum Gasteiger partial charge on any atom is -0.382 e. The molecule has 1 fully saturated rings. The van der Waals surface area contributed by atoms with Crippen molar-refractivity contribution < 1.29 is 9.47 Å². The number of methoxy groups -OCH3 is 1. The Morgan fingerprint density at radius 1 is 1.31 bits per heavy atom. The molecular weight excluding hydrogens is 332 g/mol. The fourth-order valence-corrected chi connectivity index (χ4v) is 3.44. The molecule has 0 amide bonds. The van der Waals surface area contributed by atoms with Gasteiger partial charge < -0.3 is 14.4 Å². The van der Waals surface area contributed by atoms with Gasteiger partial charge in [-0.3, -0.25) is 9.08 Å². The lowest BCUT2D eigenvalue weighted by Crippen LogP contribution is -2.37. The maximum Gasteiger partial charge on any atom is 0.181 e. The van der Waals surface area contributed by atoms with E-state index in [0.29, 0.717) is 6.61 Å². The molecule has 3 aromatic heterocycles. The van der Waals surface area contributed by atoms with Gasteiger partial charge in [0.05, 0.1) is 43.4 Å². The first-order chi connectivity index (χ1) is 12.7. The Morgan fingerprint density at radius 3 is 2.88 bits per heavy atom. The quantitative estimate of drug-likeness (QED) is 0.696. The predicted octanol–water partition coefficient (Wildman–Crippen LogP) is 1.95. The van der Waals surface area contributed by atoms with Crippen molar-refractivity contribution in [1.29, 1.82) is 0 Å². The number of anilines is 1. The van der Waals surface area contributed by atoms with Crippen LogP contribution in [0.15, 0.2) is 24.8 Å². The molecule has 1 saturated heterocycles. The fraction of sp³-hybridized carbons (Fsp3) is 0.500. The molecule has 0 aliphatic carbocycles. The first-order valence-corrected chi connectivity index (χ1v) is 8.89. The minimum absolute atomic E-state index is 0.179. The van der Waals surface area contributed by atoms with E-state index in [9.17, 15) is 0 Å². The molecule has 0 unspecified atom stereocenters. The Labute approximate surface area is 152 Å². The van der Waals surface area contributed by atoms with E-state index in [2.05, 4.69) is 32.5 Å². The normalized spacial score (nSPS) is 16.3. The second kappa shape index (κ2) is 7.05. The SMILES string of the molecule is COC[C@@H](C)n1cc(-c2c(C)nc3c(N4CCOCC4)nccn23)cn1. The number of ether oxygens (including phenoxy) is 2. The van der Waals surface area contributed by atoms with E-state index in [1.807, 2.05) is 30.2 Å². The van der Waals surface area contributed by atoms with Crippen molar-refractivity contribution in [3.63, 3.8) is 0 Å². The van der Waals surface area contributed by atoms with Crippen molar-refractivity contribution in [2.45, 2.75) is 19.9 Å². The number of fused-ring (bicyclic) bond motifs is 1. The number of imidazole rings is 1. The van der Waals surface area contributed by atoms with Crippen LogP contribution in [0.5, 0.6) is 0 Å². The van der Waals surface area contributed by atoms with Gasteiger partial charge in [0.1, 0.15) is 0 Å². The van der Waals surface area contributed by atoms with E-state index in [1.54, 1.807) is 7.11 Å². The van der Waals surface area contributed by atoms with E-state index in [4.69, 9.17) is 14.5 Å². The van der Waals surface area contributed by atoms with Crippen LogP contribution in [0.3, 0.4) is 0 Å². The molecule has 0 aromatic carbocycles. The Bertz CT molecular complexity index is 896. The van der Waals surface area contributed by atoms with Crippen LogP contribution in [0.4, 0.5) is 5.82 Å². The molecule has 8 nitrogen and oxygen atoms in total. The Balaban J connectivity index is 1.75. The molecule has 0 spiro atoms. The van der Waals surface area contributed by atoms with E-state index < -0.39 is 0 Å². The van der Waals surface area contributed by atoms with Crippen LogP contribution in [-0.4, -0.2) is 64.2 Å². The van der Waals surface area contributed by atoms with Gasteiger partial charge in [0.2, 0.25) is 0 Å². The van der Waals surface area contributed by atoms with Gasteiger partial charge in [0, 0.05) is 44.4 Å². The van der Waals surface area contributed by atoms with Crippen molar-refractivity contribution in [3.05, 3.63) is 30.5 Å². The summed E-state index contributed by atoms with van der Waals surface area (Å²) in [4.78, 5) is 11.6. The van der Waals surface area contributed by atoms with Crippen molar-refractivity contribution in [3.8, 4) is 11.3 Å². The van der Waals surface area contributed by atoms with Crippen LogP contribution >= 0.6 is 0 Å². The summed E-state index contributed by atoms with van der Waals surface area (Å²) in [7, 11) is 1.70. The molecule has 138 valence electrons. The molecule has 3 aromatic rings. The Morgan fingerprint density at radius 2 is 2.12 bits per heavy atom. The summed E-state index contributed by atoms with van der Waals surface area (Å²) in [6.45, 7) is 7.85. The summed E-state index contributed by atoms with van der Waals surface area (Å²) in [5, 5.41) is 4.50. The molecule has 1 aliphatic heterocycles. The monoisotopic (exact) mass is 356 g/mol. The summed E-state index contributed by atoms with van der Waals surface area (Å²) >= 11 is 0. The van der Waals surface area contributed by atoms with Crippen LogP contribution in [-0.2, 0) is 9.47 Å². The lowest BCUT2D eigenvalue weighted by Gasteiger charge is -2.27. The Kier molecular flexibility index (Phi) is 4.60. The maximum absolute atomic E-state index is 5.46. The van der Waals surface area contributed by atoms with Gasteiger partial charge in [-0.05, 0) is 13.8 Å². The number of aromatic nitrogens is 5. The first kappa shape index (κ1) is 17.0. The van der Waals surface area contributed by atoms with Gasteiger partial charge in [-0.2, -0.15) is 5.10 Å². The van der Waals surface area contributed by atoms with Crippen molar-refractivity contribution in [1.82, 2.24) is 24.1 Å². The zero-order chi connectivity index (χ0) is 18.1. The summed E-state index contributed by atoms with van der Waals surface area (Å²) < 4.78 is 14.7. The smallest absolute Gasteiger partial charge is 0.181 e. The summed E-state index contributed by atoms with van der Waals surface area (Å²) in [5.41, 5.74) is 3.93. The molecule has 1 aliphatic rings. The van der Waals surface area contributed by atoms with Crippen molar-refractivity contribution in [2.75, 3.05) is 44.9 Å². The lowest BCUT2D eigenvalue weighted by molar-refractivity contribution is 0.122. The molecule has 4 heterocycles. The van der Waals surface area contributed by atoms with Gasteiger partial charge in [-0.25, -0.2) is 9.97 Å². The van der Waals surface area contributed by atoms with Crippen LogP contribution in [0.2, 0.25) is 0 Å². The topological polar surface area (TPSA) is 69.7 Å². The largest absolute Gasteiger partial charge is 0.382 e. The maximum atomic E-state index is 5.46. The van der Waals surface area contributed by atoms with Crippen LogP contribution in [0, 0.1) is 6.92 Å². The lowest BCUT2D eigenvalue weighted by atomic mass is 10.2. The van der Waals surface area contributed by atoms with Gasteiger partial charge >= 0.3 is 0 Å². The molecule has 0 radical (unpaired) electrons. The molecule has 0 N–H and O–H groups in total. The van der Waals surface area contributed by atoms with Crippen LogP contribution < -0.4 is 4.90 Å². The number of morpholine rings is 1. The fourth-order valence-electron chi connectivity index (χ4n) is 3.44. The molecular formula is C18H24N6O2. The highest BCUT2D eigenvalue weighted by Crippen LogP contribution is 2.29. The van der Waals surface area contributed by atoms with Gasteiger partial charge in [-0.15, -0.1) is 0 Å². The highest BCUT2D eigenvalue weighted by atomic mass is 16.5. The van der Waals surface area contributed by atoms with E-state index in [0.717, 1.165) is 54.7 Å². The van der Waals surface area contributed by atoms with Gasteiger partial charge in [0.25, 0.3) is 0 Å². The van der Waals surface area contributed by atoms with Gasteiger partial charge in [0.15, 0.2) is 11.5 Å². The third kappa shape index (κ3) is 2.95. The first-order valence-electron chi connectivity index (χ1n) is 8.89. The second-order valence-corrected chi connectivity index (χ2v) is 6.60. The zero-order valence-corrected chi connectivity index (χ0v) is 15.4. The van der Waals surface area contributed by atoms with Crippen molar-refractivity contribution >= 4 is 11.5 Å². The highest BCUT2D eigenvalue weighted by Gasteiger charge is 2.21. The molecule has 4 rings (SSSR count). The van der Waals surface area contributed by atoms with E-state index in [-0.39, 0.29) is 6.04 Å². The summed E-state index contributed by atoms with van der Waals surface area (Å²) in [5.74, 6) is 0.908.